The fraction of sp³-hybridized carbons (Fsp3) is 0.185. The Kier molecular flexibility index (Phi) is 9.86. The molecule has 42 heavy (non-hydrogen) atoms. The maximum absolute atomic E-state index is 13.3. The van der Waals surface area contributed by atoms with Crippen LogP contribution in [0.3, 0.4) is 0 Å². The second-order valence-corrected chi connectivity index (χ2v) is 10.3. The summed E-state index contributed by atoms with van der Waals surface area (Å²) >= 11 is 13.2. The van der Waals surface area contributed by atoms with Gasteiger partial charge in [0.1, 0.15) is 11.5 Å². The maximum atomic E-state index is 13.3. The number of amides is 2. The highest BCUT2D eigenvalue weighted by molar-refractivity contribution is 7.99. The normalized spacial score (nSPS) is 11.2. The van der Waals surface area contributed by atoms with Crippen molar-refractivity contribution in [2.75, 3.05) is 25.3 Å². The van der Waals surface area contributed by atoms with Gasteiger partial charge in [0.2, 0.25) is 5.91 Å². The molecule has 0 saturated heterocycles. The molecule has 0 atom stereocenters. The lowest BCUT2D eigenvalue weighted by Gasteiger charge is -2.14. The molecule has 0 fully saturated rings. The molecule has 0 aliphatic heterocycles. The van der Waals surface area contributed by atoms with Gasteiger partial charge in [-0.15, -0.1) is 10.2 Å². The fourth-order valence-corrected chi connectivity index (χ4v) is 4.81. The number of rotatable bonds is 10. The Bertz CT molecular complexity index is 1590. The highest BCUT2D eigenvalue weighted by atomic mass is 35.5. The highest BCUT2D eigenvalue weighted by Gasteiger charge is 2.33. The summed E-state index contributed by atoms with van der Waals surface area (Å²) in [5.74, 6) is -0.305. The average molecular weight is 640 g/mol. The number of carbonyl (C=O) groups is 2. The zero-order chi connectivity index (χ0) is 30.4. The summed E-state index contributed by atoms with van der Waals surface area (Å²) in [7, 11) is 2.93. The van der Waals surface area contributed by atoms with Crippen LogP contribution < -0.4 is 20.1 Å². The number of nitrogens with one attached hydrogen (secondary N) is 2. The topological polar surface area (TPSA) is 107 Å². The van der Waals surface area contributed by atoms with E-state index in [1.54, 1.807) is 41.0 Å². The van der Waals surface area contributed by atoms with Crippen LogP contribution in [0.4, 0.5) is 18.9 Å². The number of hydrogen-bond acceptors (Lipinski definition) is 7. The Balaban J connectivity index is 1.55. The van der Waals surface area contributed by atoms with E-state index >= 15 is 0 Å². The van der Waals surface area contributed by atoms with Crippen molar-refractivity contribution in [2.24, 2.45) is 0 Å². The van der Waals surface area contributed by atoms with Crippen LogP contribution in [0.15, 0.2) is 65.8 Å². The van der Waals surface area contributed by atoms with Crippen LogP contribution in [0, 0.1) is 0 Å². The van der Waals surface area contributed by atoms with Crippen LogP contribution in [-0.2, 0) is 17.5 Å². The number of aromatic nitrogens is 3. The van der Waals surface area contributed by atoms with Gasteiger partial charge in [-0.25, -0.2) is 0 Å². The van der Waals surface area contributed by atoms with E-state index in [2.05, 4.69) is 20.8 Å². The Hall–Kier alpha value is -3.94. The van der Waals surface area contributed by atoms with E-state index in [1.165, 1.54) is 32.4 Å². The average Bonchev–Trinajstić information content (AvgIpc) is 3.38. The molecule has 1 heterocycles. The van der Waals surface area contributed by atoms with Gasteiger partial charge in [0.05, 0.1) is 53.5 Å². The van der Waals surface area contributed by atoms with E-state index in [1.807, 2.05) is 0 Å². The number of thioether (sulfide) groups is 1. The number of hydrogen-bond donors (Lipinski definition) is 2. The van der Waals surface area contributed by atoms with Crippen LogP contribution in [0.1, 0.15) is 21.7 Å². The van der Waals surface area contributed by atoms with Crippen molar-refractivity contribution >= 4 is 52.5 Å². The number of benzene rings is 3. The van der Waals surface area contributed by atoms with Gasteiger partial charge in [0.25, 0.3) is 5.91 Å². The quantitative estimate of drug-likeness (QED) is 0.197. The van der Waals surface area contributed by atoms with Crippen molar-refractivity contribution in [1.82, 2.24) is 20.1 Å². The summed E-state index contributed by atoms with van der Waals surface area (Å²) < 4.78 is 52.0. The van der Waals surface area contributed by atoms with Crippen molar-refractivity contribution in [3.63, 3.8) is 0 Å². The molecule has 0 radical (unpaired) electrons. The number of anilines is 1. The van der Waals surface area contributed by atoms with E-state index in [0.717, 1.165) is 17.8 Å². The van der Waals surface area contributed by atoms with E-state index in [0.29, 0.717) is 22.2 Å². The van der Waals surface area contributed by atoms with Crippen molar-refractivity contribution in [3.05, 3.63) is 87.7 Å². The second kappa shape index (κ2) is 13.4. The lowest BCUT2D eigenvalue weighted by molar-refractivity contribution is -0.137. The zero-order valence-corrected chi connectivity index (χ0v) is 24.3. The molecule has 0 saturated carbocycles. The molecule has 0 bridgehead atoms. The van der Waals surface area contributed by atoms with E-state index in [4.69, 9.17) is 32.7 Å². The van der Waals surface area contributed by atoms with E-state index in [-0.39, 0.29) is 39.6 Å². The van der Waals surface area contributed by atoms with Crippen molar-refractivity contribution in [2.45, 2.75) is 17.9 Å². The Labute approximate surface area is 252 Å². The van der Waals surface area contributed by atoms with Gasteiger partial charge in [-0.2, -0.15) is 13.2 Å². The highest BCUT2D eigenvalue weighted by Crippen LogP contribution is 2.35. The molecule has 4 rings (SSSR count). The number of alkyl halides is 3. The lowest BCUT2D eigenvalue weighted by Crippen LogP contribution is -2.24. The van der Waals surface area contributed by atoms with Crippen molar-refractivity contribution in [1.29, 1.82) is 0 Å². The van der Waals surface area contributed by atoms with Crippen LogP contribution in [-0.4, -0.2) is 46.6 Å². The van der Waals surface area contributed by atoms with Gasteiger partial charge in [0.15, 0.2) is 11.0 Å². The van der Waals surface area contributed by atoms with Gasteiger partial charge < -0.3 is 20.1 Å². The minimum atomic E-state index is -4.64. The van der Waals surface area contributed by atoms with Gasteiger partial charge in [-0.3, -0.25) is 14.2 Å². The first-order valence-corrected chi connectivity index (χ1v) is 13.7. The SMILES string of the molecule is COc1cc(OC)cc(C(=O)NCc2nnc(SCC(=O)Nc3ccccc3C(F)(F)F)n2-c2ccc(Cl)c(Cl)c2)c1. The smallest absolute Gasteiger partial charge is 0.418 e. The number of carbonyl (C=O) groups excluding carboxylic acids is 2. The van der Waals surface area contributed by atoms with Gasteiger partial charge in [-0.05, 0) is 42.5 Å². The fourth-order valence-electron chi connectivity index (χ4n) is 3.75. The summed E-state index contributed by atoms with van der Waals surface area (Å²) in [6.07, 6.45) is -4.64. The molecule has 4 aromatic rings. The molecule has 2 N–H and O–H groups in total. The van der Waals surface area contributed by atoms with Crippen LogP contribution >= 0.6 is 35.0 Å². The summed E-state index contributed by atoms with van der Waals surface area (Å²) in [4.78, 5) is 25.6. The van der Waals surface area contributed by atoms with Crippen LogP contribution in [0.25, 0.3) is 5.69 Å². The Morgan fingerprint density at radius 3 is 2.29 bits per heavy atom. The molecule has 0 aliphatic rings. The van der Waals surface area contributed by atoms with Gasteiger partial charge in [0, 0.05) is 11.6 Å². The minimum Gasteiger partial charge on any atom is -0.497 e. The maximum Gasteiger partial charge on any atom is 0.418 e. The molecule has 0 spiro atoms. The first-order valence-electron chi connectivity index (χ1n) is 12.0. The second-order valence-electron chi connectivity index (χ2n) is 8.50. The summed E-state index contributed by atoms with van der Waals surface area (Å²) in [5.41, 5.74) is -0.572. The van der Waals surface area contributed by atoms with E-state index < -0.39 is 23.6 Å². The number of ether oxygens (including phenoxy) is 2. The zero-order valence-electron chi connectivity index (χ0n) is 22.0. The number of nitrogens with zero attached hydrogens (tertiary/aromatic N) is 3. The molecule has 220 valence electrons. The molecular weight excluding hydrogens is 618 g/mol. The molecule has 3 aromatic carbocycles. The molecule has 0 aliphatic carbocycles. The minimum absolute atomic E-state index is 0.0860. The van der Waals surface area contributed by atoms with Gasteiger partial charge >= 0.3 is 6.18 Å². The van der Waals surface area contributed by atoms with Crippen molar-refractivity contribution in [3.8, 4) is 17.2 Å². The number of methoxy groups -OCH3 is 2. The standard InChI is InChI=1S/C27H22Cl2F3N5O4S/c1-40-17-9-15(10-18(12-17)41-2)25(39)33-13-23-35-36-26(37(23)16-7-8-20(28)21(29)11-16)42-14-24(38)34-22-6-4-3-5-19(22)27(30,31)32/h3-12H,13-14H2,1-2H3,(H,33,39)(H,34,38). The van der Waals surface area contributed by atoms with E-state index in [9.17, 15) is 22.8 Å². The number of para-hydroxylation sites is 1. The summed E-state index contributed by atoms with van der Waals surface area (Å²) in [6.45, 7) is -0.0860. The third kappa shape index (κ3) is 7.46. The molecular formula is C27H22Cl2F3N5O4S. The molecule has 15 heteroatoms. The predicted octanol–water partition coefficient (Wildman–Crippen LogP) is 6.27. The van der Waals surface area contributed by atoms with Gasteiger partial charge in [-0.1, -0.05) is 47.1 Å². The molecule has 1 aromatic heterocycles. The summed E-state index contributed by atoms with van der Waals surface area (Å²) in [6, 6.07) is 14.1. The first-order chi connectivity index (χ1) is 20.0. The Morgan fingerprint density at radius 1 is 0.952 bits per heavy atom. The third-order valence-electron chi connectivity index (χ3n) is 5.72. The number of halogens is 5. The summed E-state index contributed by atoms with van der Waals surface area (Å²) in [5, 5.41) is 14.1. The van der Waals surface area contributed by atoms with Crippen molar-refractivity contribution < 1.29 is 32.2 Å². The largest absolute Gasteiger partial charge is 0.497 e. The van der Waals surface area contributed by atoms with Crippen LogP contribution in [0.2, 0.25) is 10.0 Å². The third-order valence-corrected chi connectivity index (χ3v) is 7.39. The molecule has 0 unspecified atom stereocenters. The lowest BCUT2D eigenvalue weighted by atomic mass is 10.1. The molecule has 9 nitrogen and oxygen atoms in total. The van der Waals surface area contributed by atoms with Crippen LogP contribution in [0.5, 0.6) is 11.5 Å². The predicted molar refractivity (Wildman–Crippen MR) is 153 cm³/mol. The monoisotopic (exact) mass is 639 g/mol. The molecule has 2 amide bonds. The Morgan fingerprint density at radius 2 is 1.64 bits per heavy atom. The first kappa shape index (κ1) is 31.0.